The highest BCUT2D eigenvalue weighted by molar-refractivity contribution is 7.91. The van der Waals surface area contributed by atoms with E-state index in [-0.39, 0.29) is 24.0 Å². The van der Waals surface area contributed by atoms with Gasteiger partial charge in [-0.15, -0.1) is 0 Å². The van der Waals surface area contributed by atoms with Crippen LogP contribution in [0.25, 0.3) is 0 Å². The lowest BCUT2D eigenvalue weighted by molar-refractivity contribution is -0.139. The first kappa shape index (κ1) is 17.5. The molecule has 4 heterocycles. The highest BCUT2D eigenvalue weighted by Crippen LogP contribution is 2.29. The second kappa shape index (κ2) is 6.34. The van der Waals surface area contributed by atoms with Gasteiger partial charge >= 0.3 is 5.97 Å². The van der Waals surface area contributed by atoms with Crippen LogP contribution < -0.4 is 0 Å². The second-order valence-corrected chi connectivity index (χ2v) is 9.41. The molecule has 2 saturated heterocycles. The van der Waals surface area contributed by atoms with Crippen LogP contribution in [0.5, 0.6) is 0 Å². The lowest BCUT2D eigenvalue weighted by Crippen LogP contribution is -2.61. The number of aliphatic carboxylic acids is 1. The number of carbonyl (C=O) groups is 2. The maximum absolute atomic E-state index is 13.2. The van der Waals surface area contributed by atoms with Crippen LogP contribution >= 0.6 is 0 Å². The van der Waals surface area contributed by atoms with Crippen molar-refractivity contribution in [2.75, 3.05) is 31.1 Å². The molecule has 10 heteroatoms. The number of carboxylic acid groups (broad SMARTS) is 1. The molecule has 3 aliphatic rings. The maximum atomic E-state index is 13.2. The summed E-state index contributed by atoms with van der Waals surface area (Å²) in [5.41, 5.74) is 1.48. The monoisotopic (exact) mass is 382 g/mol. The fraction of sp³-hybridized carbons (Fsp3) is 0.688. The quantitative estimate of drug-likeness (QED) is 0.730. The van der Waals surface area contributed by atoms with Gasteiger partial charge < -0.3 is 10.0 Å². The van der Waals surface area contributed by atoms with E-state index in [2.05, 4.69) is 5.10 Å². The summed E-state index contributed by atoms with van der Waals surface area (Å²) >= 11 is 0. The molecule has 0 unspecified atom stereocenters. The molecule has 0 saturated carbocycles. The molecule has 0 spiro atoms. The molecule has 3 aliphatic heterocycles. The van der Waals surface area contributed by atoms with Gasteiger partial charge in [-0.1, -0.05) is 0 Å². The average molecular weight is 382 g/mol. The Morgan fingerprint density at radius 2 is 1.92 bits per heavy atom. The zero-order valence-corrected chi connectivity index (χ0v) is 15.2. The summed E-state index contributed by atoms with van der Waals surface area (Å²) in [5, 5.41) is 13.4. The van der Waals surface area contributed by atoms with E-state index >= 15 is 0 Å². The van der Waals surface area contributed by atoms with Crippen LogP contribution in [0.3, 0.4) is 0 Å². The van der Waals surface area contributed by atoms with Gasteiger partial charge in [-0.2, -0.15) is 5.10 Å². The number of aromatic nitrogens is 2. The van der Waals surface area contributed by atoms with Gasteiger partial charge in [-0.25, -0.2) is 8.42 Å². The van der Waals surface area contributed by atoms with E-state index in [1.54, 1.807) is 16.0 Å². The van der Waals surface area contributed by atoms with Crippen molar-refractivity contribution in [2.24, 2.45) is 0 Å². The van der Waals surface area contributed by atoms with Gasteiger partial charge in [0.15, 0.2) is 9.84 Å². The lowest BCUT2D eigenvalue weighted by atomic mass is 10.0. The zero-order chi connectivity index (χ0) is 18.5. The number of sulfone groups is 1. The first-order valence-corrected chi connectivity index (χ1v) is 10.7. The summed E-state index contributed by atoms with van der Waals surface area (Å²) in [5.74, 6) is -1.38. The third-order valence-corrected chi connectivity index (χ3v) is 7.30. The Morgan fingerprint density at radius 3 is 2.69 bits per heavy atom. The van der Waals surface area contributed by atoms with Gasteiger partial charge in [0.1, 0.15) is 0 Å². The Hall–Kier alpha value is -1.94. The normalized spacial score (nSPS) is 27.8. The van der Waals surface area contributed by atoms with E-state index < -0.39 is 27.9 Å². The van der Waals surface area contributed by atoms with E-state index in [9.17, 15) is 18.0 Å². The number of fused-ring (bicyclic) bond motifs is 2. The molecule has 0 bridgehead atoms. The van der Waals surface area contributed by atoms with Crippen LogP contribution in [0.1, 0.15) is 28.9 Å². The Kier molecular flexibility index (Phi) is 4.26. The standard InChI is InChI=1S/C16H22N4O5S/c21-15(22)8-18-5-6-19(14-10-26(24,25)9-13(14)18)16(23)11-7-17-20-4-2-1-3-12(11)20/h7,13-14H,1-6,8-10H2,(H,21,22)/t13-,14+/m0/s1. The average Bonchev–Trinajstić information content (AvgIpc) is 3.14. The minimum atomic E-state index is -3.30. The van der Waals surface area contributed by atoms with Crippen LogP contribution in [-0.2, 0) is 27.6 Å². The van der Waals surface area contributed by atoms with Crippen molar-refractivity contribution in [3.63, 3.8) is 0 Å². The summed E-state index contributed by atoms with van der Waals surface area (Å²) < 4.78 is 26.2. The van der Waals surface area contributed by atoms with E-state index in [1.807, 2.05) is 4.68 Å². The number of carboxylic acids is 1. The Labute approximate surface area is 151 Å². The maximum Gasteiger partial charge on any atom is 0.317 e. The molecule has 1 N–H and O–H groups in total. The molecule has 1 amide bonds. The van der Waals surface area contributed by atoms with Crippen LogP contribution in [0.2, 0.25) is 0 Å². The van der Waals surface area contributed by atoms with Crippen LogP contribution in [-0.4, -0.2) is 88.2 Å². The van der Waals surface area contributed by atoms with Crippen molar-refractivity contribution >= 4 is 21.7 Å². The molecule has 0 aliphatic carbocycles. The van der Waals surface area contributed by atoms with Crippen molar-refractivity contribution in [1.82, 2.24) is 19.6 Å². The molecule has 2 atom stereocenters. The molecular formula is C16H22N4O5S. The predicted octanol–water partition coefficient (Wildman–Crippen LogP) is -0.773. The van der Waals surface area contributed by atoms with E-state index in [4.69, 9.17) is 5.11 Å². The molecule has 142 valence electrons. The van der Waals surface area contributed by atoms with Crippen molar-refractivity contribution in [3.8, 4) is 0 Å². The minimum absolute atomic E-state index is 0.0964. The van der Waals surface area contributed by atoms with Crippen molar-refractivity contribution in [3.05, 3.63) is 17.5 Å². The van der Waals surface area contributed by atoms with Gasteiger partial charge in [-0.3, -0.25) is 19.2 Å². The molecule has 9 nitrogen and oxygen atoms in total. The van der Waals surface area contributed by atoms with Crippen molar-refractivity contribution < 1.29 is 23.1 Å². The molecule has 4 rings (SSSR count). The second-order valence-electron chi connectivity index (χ2n) is 7.26. The van der Waals surface area contributed by atoms with E-state index in [0.717, 1.165) is 31.5 Å². The first-order chi connectivity index (χ1) is 12.4. The summed E-state index contributed by atoms with van der Waals surface area (Å²) in [7, 11) is -3.30. The number of hydrogen-bond donors (Lipinski definition) is 1. The van der Waals surface area contributed by atoms with Crippen LogP contribution in [0.15, 0.2) is 6.20 Å². The SMILES string of the molecule is O=C(O)CN1CCN(C(=O)c2cnn3c2CCCC3)[C@@H]2CS(=O)(=O)C[C@@H]21. The van der Waals surface area contributed by atoms with Crippen molar-refractivity contribution in [2.45, 2.75) is 37.9 Å². The Balaban J connectivity index is 1.62. The predicted molar refractivity (Wildman–Crippen MR) is 91.6 cm³/mol. The molecular weight excluding hydrogens is 360 g/mol. The Morgan fingerprint density at radius 1 is 1.15 bits per heavy atom. The third kappa shape index (κ3) is 3.01. The topological polar surface area (TPSA) is 113 Å². The molecule has 1 aromatic rings. The van der Waals surface area contributed by atoms with Crippen molar-refractivity contribution in [1.29, 1.82) is 0 Å². The van der Waals surface area contributed by atoms with Gasteiger partial charge in [0, 0.05) is 25.7 Å². The molecule has 26 heavy (non-hydrogen) atoms. The smallest absolute Gasteiger partial charge is 0.317 e. The number of aryl methyl sites for hydroxylation is 1. The minimum Gasteiger partial charge on any atom is -0.480 e. The highest BCUT2D eigenvalue weighted by Gasteiger charge is 2.48. The number of nitrogens with zero attached hydrogens (tertiary/aromatic N) is 4. The number of hydrogen-bond acceptors (Lipinski definition) is 6. The Bertz CT molecular complexity index is 849. The van der Waals surface area contributed by atoms with E-state index in [0.29, 0.717) is 18.7 Å². The number of amides is 1. The van der Waals surface area contributed by atoms with Gasteiger partial charge in [0.05, 0.1) is 41.5 Å². The number of rotatable bonds is 3. The first-order valence-electron chi connectivity index (χ1n) is 8.87. The highest BCUT2D eigenvalue weighted by atomic mass is 32.2. The zero-order valence-electron chi connectivity index (χ0n) is 14.4. The van der Waals surface area contributed by atoms with E-state index in [1.165, 1.54) is 0 Å². The molecule has 0 aromatic carbocycles. The summed E-state index contributed by atoms with van der Waals surface area (Å²) in [6.07, 6.45) is 4.44. The molecule has 1 aromatic heterocycles. The number of carbonyl (C=O) groups excluding carboxylic acids is 1. The summed E-state index contributed by atoms with van der Waals surface area (Å²) in [4.78, 5) is 27.6. The molecule has 2 fully saturated rings. The number of piperazine rings is 1. The molecule has 0 radical (unpaired) electrons. The van der Waals surface area contributed by atoms with Gasteiger partial charge in [0.2, 0.25) is 0 Å². The van der Waals surface area contributed by atoms with Gasteiger partial charge in [0.25, 0.3) is 5.91 Å². The summed E-state index contributed by atoms with van der Waals surface area (Å²) in [6, 6.07) is -0.958. The summed E-state index contributed by atoms with van der Waals surface area (Å²) in [6.45, 7) is 1.28. The van der Waals surface area contributed by atoms with Crippen LogP contribution in [0, 0.1) is 0 Å². The fourth-order valence-corrected chi connectivity index (χ4v) is 6.41. The fourth-order valence-electron chi connectivity index (χ4n) is 4.40. The van der Waals surface area contributed by atoms with Crippen LogP contribution in [0.4, 0.5) is 0 Å². The largest absolute Gasteiger partial charge is 0.480 e. The van der Waals surface area contributed by atoms with Gasteiger partial charge in [-0.05, 0) is 19.3 Å². The third-order valence-electron chi connectivity index (χ3n) is 5.60. The lowest BCUT2D eigenvalue weighted by Gasteiger charge is -2.43.